The molecule has 0 atom stereocenters. The summed E-state index contributed by atoms with van der Waals surface area (Å²) in [6.07, 6.45) is 0.542. The van der Waals surface area contributed by atoms with Gasteiger partial charge in [0, 0.05) is 0 Å². The minimum absolute atomic E-state index is 0.164. The molecule has 0 bridgehead atoms. The van der Waals surface area contributed by atoms with E-state index in [9.17, 15) is 9.18 Å². The van der Waals surface area contributed by atoms with Crippen LogP contribution in [0.15, 0.2) is 16.6 Å². The minimum Gasteiger partial charge on any atom is -0.478 e. The van der Waals surface area contributed by atoms with Crippen molar-refractivity contribution in [2.75, 3.05) is 0 Å². The fourth-order valence-electron chi connectivity index (χ4n) is 1.40. The molecule has 82 valence electrons. The molecule has 0 radical (unpaired) electrons. The molecule has 15 heavy (non-hydrogen) atoms. The number of carboxylic acids is 1. The Hall–Kier alpha value is -0.900. The van der Waals surface area contributed by atoms with Crippen LogP contribution in [0.5, 0.6) is 0 Å². The maximum atomic E-state index is 13.2. The van der Waals surface area contributed by atoms with E-state index in [1.807, 2.05) is 13.8 Å². The molecule has 0 aliphatic carbocycles. The van der Waals surface area contributed by atoms with Crippen LogP contribution in [0.2, 0.25) is 0 Å². The van der Waals surface area contributed by atoms with Crippen LogP contribution in [0.4, 0.5) is 4.39 Å². The average molecular weight is 275 g/mol. The third-order valence-corrected chi connectivity index (χ3v) is 2.90. The van der Waals surface area contributed by atoms with Crippen molar-refractivity contribution in [1.29, 1.82) is 0 Å². The van der Waals surface area contributed by atoms with Gasteiger partial charge in [-0.2, -0.15) is 0 Å². The first kappa shape index (κ1) is 12.2. The van der Waals surface area contributed by atoms with E-state index in [1.165, 1.54) is 6.07 Å². The molecular weight excluding hydrogens is 263 g/mol. The molecule has 2 nitrogen and oxygen atoms in total. The maximum Gasteiger partial charge on any atom is 0.336 e. The first-order valence-corrected chi connectivity index (χ1v) is 5.43. The predicted molar refractivity (Wildman–Crippen MR) is 59.6 cm³/mol. The van der Waals surface area contributed by atoms with Gasteiger partial charge in [0.1, 0.15) is 5.82 Å². The molecule has 1 aromatic rings. The summed E-state index contributed by atoms with van der Waals surface area (Å²) >= 11 is 3.09. The molecule has 0 saturated heterocycles. The fourth-order valence-corrected chi connectivity index (χ4v) is 1.91. The highest BCUT2D eigenvalue weighted by atomic mass is 79.9. The lowest BCUT2D eigenvalue weighted by atomic mass is 9.98. The van der Waals surface area contributed by atoms with Crippen LogP contribution in [0.1, 0.15) is 29.8 Å². The summed E-state index contributed by atoms with van der Waals surface area (Å²) in [7, 11) is 0. The first-order valence-electron chi connectivity index (χ1n) is 4.63. The van der Waals surface area contributed by atoms with Crippen LogP contribution in [0.25, 0.3) is 0 Å². The first-order chi connectivity index (χ1) is 6.93. The number of benzene rings is 1. The average Bonchev–Trinajstić information content (AvgIpc) is 2.12. The van der Waals surface area contributed by atoms with E-state index in [4.69, 9.17) is 5.11 Å². The van der Waals surface area contributed by atoms with Crippen molar-refractivity contribution in [1.82, 2.24) is 0 Å². The molecule has 0 spiro atoms. The maximum absolute atomic E-state index is 13.2. The molecule has 0 fully saturated rings. The lowest BCUT2D eigenvalue weighted by molar-refractivity contribution is 0.0695. The van der Waals surface area contributed by atoms with Crippen LogP contribution in [-0.4, -0.2) is 11.1 Å². The third kappa shape index (κ3) is 2.78. The van der Waals surface area contributed by atoms with Gasteiger partial charge in [0.25, 0.3) is 0 Å². The highest BCUT2D eigenvalue weighted by Crippen LogP contribution is 2.26. The highest BCUT2D eigenvalue weighted by molar-refractivity contribution is 9.10. The summed E-state index contributed by atoms with van der Waals surface area (Å²) in [4.78, 5) is 10.9. The summed E-state index contributed by atoms with van der Waals surface area (Å²) in [6.45, 7) is 3.92. The van der Waals surface area contributed by atoms with Gasteiger partial charge in [-0.3, -0.25) is 0 Å². The molecular formula is C11H12BrFO2. The SMILES string of the molecule is CC(C)Cc1c(C(=O)O)ccc(F)c1Br. The highest BCUT2D eigenvalue weighted by Gasteiger charge is 2.16. The molecule has 0 heterocycles. The Labute approximate surface area is 96.2 Å². The monoisotopic (exact) mass is 274 g/mol. The van der Waals surface area contributed by atoms with E-state index >= 15 is 0 Å². The molecule has 4 heteroatoms. The zero-order chi connectivity index (χ0) is 11.6. The number of hydrogen-bond donors (Lipinski definition) is 1. The molecule has 1 aromatic carbocycles. The van der Waals surface area contributed by atoms with Crippen molar-refractivity contribution >= 4 is 21.9 Å². The van der Waals surface area contributed by atoms with Crippen LogP contribution in [0, 0.1) is 11.7 Å². The lowest BCUT2D eigenvalue weighted by Crippen LogP contribution is -2.07. The van der Waals surface area contributed by atoms with Gasteiger partial charge in [-0.25, -0.2) is 9.18 Å². The molecule has 0 aliphatic heterocycles. The molecule has 0 aliphatic rings. The summed E-state index contributed by atoms with van der Waals surface area (Å²) in [5.41, 5.74) is 0.689. The topological polar surface area (TPSA) is 37.3 Å². The van der Waals surface area contributed by atoms with Gasteiger partial charge in [-0.15, -0.1) is 0 Å². The minimum atomic E-state index is -1.02. The summed E-state index contributed by atoms with van der Waals surface area (Å²) in [5, 5.41) is 8.95. The van der Waals surface area contributed by atoms with Crippen LogP contribution < -0.4 is 0 Å². The largest absolute Gasteiger partial charge is 0.478 e. The number of carboxylic acid groups (broad SMARTS) is 1. The van der Waals surface area contributed by atoms with Crippen LogP contribution in [-0.2, 0) is 6.42 Å². The normalized spacial score (nSPS) is 10.7. The van der Waals surface area contributed by atoms with Crippen molar-refractivity contribution < 1.29 is 14.3 Å². The van der Waals surface area contributed by atoms with Crippen molar-refractivity contribution in [3.05, 3.63) is 33.5 Å². The molecule has 0 unspecified atom stereocenters. The van der Waals surface area contributed by atoms with Crippen molar-refractivity contribution in [3.63, 3.8) is 0 Å². The number of halogens is 2. The van der Waals surface area contributed by atoms with Crippen molar-refractivity contribution in [2.24, 2.45) is 5.92 Å². The van der Waals surface area contributed by atoms with Crippen LogP contribution >= 0.6 is 15.9 Å². The Bertz CT molecular complexity index is 388. The summed E-state index contributed by atoms with van der Waals surface area (Å²) < 4.78 is 13.5. The Kier molecular flexibility index (Phi) is 3.85. The third-order valence-electron chi connectivity index (χ3n) is 2.04. The van der Waals surface area contributed by atoms with E-state index in [-0.39, 0.29) is 16.0 Å². The van der Waals surface area contributed by atoms with E-state index < -0.39 is 11.8 Å². The fraction of sp³-hybridized carbons (Fsp3) is 0.364. The molecule has 0 saturated carbocycles. The second kappa shape index (κ2) is 4.75. The van der Waals surface area contributed by atoms with E-state index in [0.717, 1.165) is 6.07 Å². The van der Waals surface area contributed by atoms with Gasteiger partial charge in [-0.1, -0.05) is 13.8 Å². The Balaban J connectivity index is 3.28. The Morgan fingerprint density at radius 2 is 2.13 bits per heavy atom. The van der Waals surface area contributed by atoms with Gasteiger partial charge in [0.05, 0.1) is 10.0 Å². The zero-order valence-electron chi connectivity index (χ0n) is 8.55. The number of aromatic carboxylic acids is 1. The van der Waals surface area contributed by atoms with Gasteiger partial charge >= 0.3 is 5.97 Å². The number of hydrogen-bond acceptors (Lipinski definition) is 1. The van der Waals surface area contributed by atoms with Gasteiger partial charge < -0.3 is 5.11 Å². The van der Waals surface area contributed by atoms with E-state index in [2.05, 4.69) is 15.9 Å². The second-order valence-corrected chi connectivity index (χ2v) is 4.58. The standard InChI is InChI=1S/C11H12BrFO2/c1-6(2)5-8-7(11(14)15)3-4-9(13)10(8)12/h3-4,6H,5H2,1-2H3,(H,14,15). The Morgan fingerprint density at radius 3 is 2.60 bits per heavy atom. The van der Waals surface area contributed by atoms with Crippen molar-refractivity contribution in [2.45, 2.75) is 20.3 Å². The Morgan fingerprint density at radius 1 is 1.53 bits per heavy atom. The van der Waals surface area contributed by atoms with Gasteiger partial charge in [0.15, 0.2) is 0 Å². The summed E-state index contributed by atoms with van der Waals surface area (Å²) in [5.74, 6) is -1.16. The predicted octanol–water partition coefficient (Wildman–Crippen LogP) is 3.48. The quantitative estimate of drug-likeness (QED) is 0.916. The van der Waals surface area contributed by atoms with Gasteiger partial charge in [0.2, 0.25) is 0 Å². The number of rotatable bonds is 3. The second-order valence-electron chi connectivity index (χ2n) is 3.79. The van der Waals surface area contributed by atoms with Crippen LogP contribution in [0.3, 0.4) is 0 Å². The smallest absolute Gasteiger partial charge is 0.336 e. The lowest BCUT2D eigenvalue weighted by Gasteiger charge is -2.11. The number of carbonyl (C=O) groups is 1. The van der Waals surface area contributed by atoms with Crippen molar-refractivity contribution in [3.8, 4) is 0 Å². The molecule has 0 amide bonds. The summed E-state index contributed by atoms with van der Waals surface area (Å²) in [6, 6.07) is 2.47. The van der Waals surface area contributed by atoms with E-state index in [1.54, 1.807) is 0 Å². The van der Waals surface area contributed by atoms with Gasteiger partial charge in [-0.05, 0) is 46.0 Å². The molecule has 0 aromatic heterocycles. The zero-order valence-corrected chi connectivity index (χ0v) is 10.1. The molecule has 1 N–H and O–H groups in total. The molecule has 1 rings (SSSR count). The van der Waals surface area contributed by atoms with E-state index in [0.29, 0.717) is 12.0 Å².